The Morgan fingerprint density at radius 2 is 1.57 bits per heavy atom. The monoisotopic (exact) mass is 390 g/mol. The number of esters is 1. The van der Waals surface area contributed by atoms with Crippen LogP contribution in [0.5, 0.6) is 11.5 Å². The lowest BCUT2D eigenvalue weighted by molar-refractivity contribution is -0.150. The third kappa shape index (κ3) is 6.60. The normalized spacial score (nSPS) is 9.93. The second-order valence-corrected chi connectivity index (χ2v) is 5.31. The molecule has 0 saturated carbocycles. The van der Waals surface area contributed by atoms with Crippen molar-refractivity contribution in [2.75, 3.05) is 25.1 Å². The predicted molar refractivity (Wildman–Crippen MR) is 97.6 cm³/mol. The molecule has 28 heavy (non-hydrogen) atoms. The van der Waals surface area contributed by atoms with Crippen LogP contribution in [0.15, 0.2) is 48.5 Å². The lowest BCUT2D eigenvalue weighted by atomic mass is 10.3. The molecule has 2 aromatic carbocycles. The van der Waals surface area contributed by atoms with E-state index in [0.29, 0.717) is 18.1 Å². The predicted octanol–water partition coefficient (Wildman–Crippen LogP) is 2.49. The van der Waals surface area contributed by atoms with Gasteiger partial charge in [0.05, 0.1) is 12.3 Å². The van der Waals surface area contributed by atoms with Crippen LogP contribution >= 0.6 is 0 Å². The molecule has 2 aromatic rings. The van der Waals surface area contributed by atoms with Crippen LogP contribution in [0.2, 0.25) is 0 Å². The van der Waals surface area contributed by atoms with Gasteiger partial charge in [-0.1, -0.05) is 24.3 Å². The second kappa shape index (κ2) is 10.5. The summed E-state index contributed by atoms with van der Waals surface area (Å²) in [5.74, 6) is -1.51. The molecule has 0 saturated heterocycles. The van der Waals surface area contributed by atoms with Crippen LogP contribution in [-0.4, -0.2) is 37.7 Å². The largest absolute Gasteiger partial charge is 0.490 e. The molecule has 0 aromatic heterocycles. The number of hydrogen-bond donors (Lipinski definition) is 2. The molecule has 0 spiro atoms. The Bertz CT molecular complexity index is 843. The molecular weight excluding hydrogens is 371 g/mol. The number of nitrogens with one attached hydrogen (secondary N) is 2. The average molecular weight is 390 g/mol. The smallest absolute Gasteiger partial charge is 0.344 e. The molecule has 0 radical (unpaired) electrons. The maximum Gasteiger partial charge on any atom is 0.344 e. The minimum atomic E-state index is -0.951. The summed E-state index contributed by atoms with van der Waals surface area (Å²) in [7, 11) is 0. The molecule has 2 rings (SSSR count). The van der Waals surface area contributed by atoms with Crippen molar-refractivity contribution in [3.8, 4) is 11.5 Å². The number of halogens is 1. The molecule has 148 valence electrons. The lowest BCUT2D eigenvalue weighted by Gasteiger charge is -2.11. The van der Waals surface area contributed by atoms with Crippen molar-refractivity contribution in [1.29, 1.82) is 0 Å². The van der Waals surface area contributed by atoms with Gasteiger partial charge in [-0.05, 0) is 31.2 Å². The maximum atomic E-state index is 13.4. The lowest BCUT2D eigenvalue weighted by Crippen LogP contribution is -2.37. The van der Waals surface area contributed by atoms with E-state index in [4.69, 9.17) is 14.2 Å². The molecule has 9 heteroatoms. The highest BCUT2D eigenvalue weighted by atomic mass is 19.1. The summed E-state index contributed by atoms with van der Waals surface area (Å²) in [4.78, 5) is 35.0. The highest BCUT2D eigenvalue weighted by molar-refractivity contribution is 6.01. The van der Waals surface area contributed by atoms with Gasteiger partial charge in [-0.2, -0.15) is 0 Å². The molecule has 0 aliphatic rings. The minimum absolute atomic E-state index is 0.0915. The number of ether oxygens (including phenoxy) is 3. The zero-order chi connectivity index (χ0) is 20.4. The quantitative estimate of drug-likeness (QED) is 0.672. The van der Waals surface area contributed by atoms with E-state index in [1.54, 1.807) is 24.3 Å². The highest BCUT2D eigenvalue weighted by Gasteiger charge is 2.13. The Hall–Kier alpha value is -3.62. The van der Waals surface area contributed by atoms with Crippen LogP contribution < -0.4 is 20.1 Å². The first kappa shape index (κ1) is 20.7. The average Bonchev–Trinajstić information content (AvgIpc) is 2.67. The van der Waals surface area contributed by atoms with Crippen LogP contribution in [0.4, 0.5) is 14.9 Å². The van der Waals surface area contributed by atoms with Gasteiger partial charge in [0.2, 0.25) is 0 Å². The van der Waals surface area contributed by atoms with Gasteiger partial charge in [-0.3, -0.25) is 10.1 Å². The fourth-order valence-electron chi connectivity index (χ4n) is 2.05. The first-order valence-corrected chi connectivity index (χ1v) is 8.35. The second-order valence-electron chi connectivity index (χ2n) is 5.31. The number of carbonyl (C=O) groups excluding carboxylic acids is 3. The van der Waals surface area contributed by atoms with E-state index in [-0.39, 0.29) is 5.69 Å². The standard InChI is InChI=1S/C19H19FN2O6/c1-2-26-15-9-5-6-10-16(15)27-12-18(24)28-11-17(23)22-19(25)21-14-8-4-3-7-13(14)20/h3-10H,2,11-12H2,1H3,(H2,21,22,23,25). The SMILES string of the molecule is CCOc1ccccc1OCC(=O)OCC(=O)NC(=O)Nc1ccccc1F. The highest BCUT2D eigenvalue weighted by Crippen LogP contribution is 2.26. The molecule has 0 bridgehead atoms. The fourth-order valence-corrected chi connectivity index (χ4v) is 2.05. The molecule has 0 fully saturated rings. The molecule has 2 N–H and O–H groups in total. The van der Waals surface area contributed by atoms with Crippen molar-refractivity contribution in [3.63, 3.8) is 0 Å². The number of amides is 3. The van der Waals surface area contributed by atoms with E-state index in [0.717, 1.165) is 6.07 Å². The topological polar surface area (TPSA) is 103 Å². The Morgan fingerprint density at radius 1 is 0.929 bits per heavy atom. The molecule has 8 nitrogen and oxygen atoms in total. The van der Waals surface area contributed by atoms with E-state index in [1.807, 2.05) is 12.2 Å². The number of anilines is 1. The van der Waals surface area contributed by atoms with E-state index in [1.165, 1.54) is 18.2 Å². The van der Waals surface area contributed by atoms with E-state index in [2.05, 4.69) is 5.32 Å². The van der Waals surface area contributed by atoms with Gasteiger partial charge in [-0.25, -0.2) is 14.0 Å². The summed E-state index contributed by atoms with van der Waals surface area (Å²) >= 11 is 0. The van der Waals surface area contributed by atoms with Crippen molar-refractivity contribution < 1.29 is 33.0 Å². The summed E-state index contributed by atoms with van der Waals surface area (Å²) in [6.07, 6.45) is 0. The van der Waals surface area contributed by atoms with Crippen molar-refractivity contribution in [2.24, 2.45) is 0 Å². The van der Waals surface area contributed by atoms with Gasteiger partial charge < -0.3 is 19.5 Å². The number of benzene rings is 2. The van der Waals surface area contributed by atoms with Crippen molar-refractivity contribution >= 4 is 23.6 Å². The third-order valence-electron chi connectivity index (χ3n) is 3.23. The number of urea groups is 1. The van der Waals surface area contributed by atoms with Crippen LogP contribution in [-0.2, 0) is 14.3 Å². The van der Waals surface area contributed by atoms with Crippen molar-refractivity contribution in [1.82, 2.24) is 5.32 Å². The van der Waals surface area contributed by atoms with Gasteiger partial charge in [0.25, 0.3) is 5.91 Å². The fraction of sp³-hybridized carbons (Fsp3) is 0.211. The maximum absolute atomic E-state index is 13.4. The number of para-hydroxylation sites is 3. The first-order valence-electron chi connectivity index (χ1n) is 8.35. The van der Waals surface area contributed by atoms with Crippen LogP contribution in [0.3, 0.4) is 0 Å². The summed E-state index contributed by atoms with van der Waals surface area (Å²) in [5, 5.41) is 4.09. The molecule has 0 unspecified atom stereocenters. The molecule has 0 atom stereocenters. The third-order valence-corrected chi connectivity index (χ3v) is 3.23. The number of rotatable bonds is 8. The first-order chi connectivity index (χ1) is 13.5. The summed E-state index contributed by atoms with van der Waals surface area (Å²) in [6.45, 7) is 1.10. The Kier molecular flexibility index (Phi) is 7.77. The molecule has 0 heterocycles. The van der Waals surface area contributed by atoms with Crippen LogP contribution in [0.1, 0.15) is 6.92 Å². The number of imide groups is 1. The van der Waals surface area contributed by atoms with Crippen molar-refractivity contribution in [2.45, 2.75) is 6.92 Å². The summed E-state index contributed by atoms with van der Waals surface area (Å²) in [5.41, 5.74) is -0.0915. The van der Waals surface area contributed by atoms with E-state index in [9.17, 15) is 18.8 Å². The molecular formula is C19H19FN2O6. The summed E-state index contributed by atoms with van der Waals surface area (Å²) in [6, 6.07) is 11.3. The Balaban J connectivity index is 1.73. The van der Waals surface area contributed by atoms with Gasteiger partial charge in [0, 0.05) is 0 Å². The molecule has 0 aliphatic heterocycles. The van der Waals surface area contributed by atoms with Gasteiger partial charge in [-0.15, -0.1) is 0 Å². The molecule has 3 amide bonds. The Labute approximate surface area is 160 Å². The van der Waals surface area contributed by atoms with Gasteiger partial charge >= 0.3 is 12.0 Å². The van der Waals surface area contributed by atoms with E-state index < -0.39 is 36.9 Å². The number of hydrogen-bond acceptors (Lipinski definition) is 6. The number of carbonyl (C=O) groups is 3. The Morgan fingerprint density at radius 3 is 2.25 bits per heavy atom. The van der Waals surface area contributed by atoms with Crippen LogP contribution in [0.25, 0.3) is 0 Å². The minimum Gasteiger partial charge on any atom is -0.490 e. The van der Waals surface area contributed by atoms with Crippen LogP contribution in [0, 0.1) is 5.82 Å². The zero-order valence-electron chi connectivity index (χ0n) is 15.1. The van der Waals surface area contributed by atoms with Gasteiger partial charge in [0.1, 0.15) is 5.82 Å². The van der Waals surface area contributed by atoms with Gasteiger partial charge in [0.15, 0.2) is 24.7 Å². The zero-order valence-corrected chi connectivity index (χ0v) is 15.1. The van der Waals surface area contributed by atoms with Crippen molar-refractivity contribution in [3.05, 3.63) is 54.3 Å². The molecule has 0 aliphatic carbocycles. The summed E-state index contributed by atoms with van der Waals surface area (Å²) < 4.78 is 28.8. The van der Waals surface area contributed by atoms with E-state index >= 15 is 0 Å².